The molecule has 0 unspecified atom stereocenters. The molecule has 334 valence electrons. The van der Waals surface area contributed by atoms with Crippen LogP contribution < -0.4 is 10.6 Å². The van der Waals surface area contributed by atoms with Gasteiger partial charge in [-0.15, -0.1) is 24.0 Å². The SMILES string of the molecule is Cl.ClCc1cccc2c1CCC2.OCc1cccc2c1CCC2.OCc1cccc2c1CCN2.c1cc(Cn2ccnc2)c2c(c1)NCC2.c1cc2c(c(Cn3ccnc3)c1)CCC2. The number of aliphatic hydroxyl groups excluding tert-OH is 2. The van der Waals surface area contributed by atoms with Gasteiger partial charge in [0.1, 0.15) is 0 Å². The fraction of sp³-hybridized carbons (Fsp3) is 0.333. The average Bonchev–Trinajstić information content (AvgIpc) is 4.18. The summed E-state index contributed by atoms with van der Waals surface area (Å²) in [5.41, 5.74) is 20.6. The molecule has 0 atom stereocenters. The van der Waals surface area contributed by atoms with Crippen LogP contribution in [0, 0.1) is 0 Å². The van der Waals surface area contributed by atoms with Crippen molar-refractivity contribution in [1.29, 1.82) is 0 Å². The van der Waals surface area contributed by atoms with E-state index < -0.39 is 0 Å². The van der Waals surface area contributed by atoms with Gasteiger partial charge in [0.05, 0.1) is 25.9 Å². The van der Waals surface area contributed by atoms with Gasteiger partial charge in [-0.1, -0.05) is 78.9 Å². The van der Waals surface area contributed by atoms with E-state index in [9.17, 15) is 0 Å². The number of hydrogen-bond acceptors (Lipinski definition) is 6. The fourth-order valence-electron chi connectivity index (χ4n) is 9.80. The average molecular weight is 898 g/mol. The summed E-state index contributed by atoms with van der Waals surface area (Å²) in [6.45, 7) is 4.31. The molecule has 7 aromatic rings. The first kappa shape index (κ1) is 46.6. The lowest BCUT2D eigenvalue weighted by atomic mass is 10.0. The van der Waals surface area contributed by atoms with Crippen molar-refractivity contribution in [2.45, 2.75) is 103 Å². The number of hydrogen-bond donors (Lipinski definition) is 4. The number of anilines is 2. The Hall–Kier alpha value is -5.38. The van der Waals surface area contributed by atoms with E-state index in [-0.39, 0.29) is 25.6 Å². The molecule has 64 heavy (non-hydrogen) atoms. The molecule has 12 rings (SSSR count). The minimum absolute atomic E-state index is 0. The van der Waals surface area contributed by atoms with Crippen LogP contribution in [0.1, 0.15) is 91.6 Å². The Balaban J connectivity index is 0.000000120. The molecule has 0 radical (unpaired) electrons. The van der Waals surface area contributed by atoms with Crippen LogP contribution in [0.25, 0.3) is 0 Å². The number of nitrogens with zero attached hydrogens (tertiary/aromatic N) is 4. The highest BCUT2D eigenvalue weighted by molar-refractivity contribution is 6.17. The van der Waals surface area contributed by atoms with Crippen LogP contribution in [0.15, 0.2) is 128 Å². The Kier molecular flexibility index (Phi) is 17.1. The smallest absolute Gasteiger partial charge is 0.0949 e. The molecule has 0 fully saturated rings. The van der Waals surface area contributed by atoms with Gasteiger partial charge >= 0.3 is 0 Å². The molecule has 5 aromatic carbocycles. The van der Waals surface area contributed by atoms with E-state index in [2.05, 4.69) is 96.5 Å². The second-order valence-corrected chi connectivity index (χ2v) is 17.2. The summed E-state index contributed by atoms with van der Waals surface area (Å²) < 4.78 is 4.24. The van der Waals surface area contributed by atoms with Gasteiger partial charge in [0.15, 0.2) is 0 Å². The molecule has 10 heteroatoms. The maximum atomic E-state index is 9.00. The van der Waals surface area contributed by atoms with Crippen LogP contribution in [0.3, 0.4) is 0 Å². The Morgan fingerprint density at radius 3 is 1.31 bits per heavy atom. The third-order valence-electron chi connectivity index (χ3n) is 13.0. The first-order valence-corrected chi connectivity index (χ1v) is 23.3. The van der Waals surface area contributed by atoms with Crippen LogP contribution in [-0.2, 0) is 83.5 Å². The molecular weight excluding hydrogens is 836 g/mol. The van der Waals surface area contributed by atoms with Gasteiger partial charge in [-0.25, -0.2) is 9.97 Å². The summed E-state index contributed by atoms with van der Waals surface area (Å²) in [6, 6.07) is 31.9. The number of nitrogens with one attached hydrogen (secondary N) is 2. The minimum Gasteiger partial charge on any atom is -0.392 e. The number of imidazole rings is 2. The molecule has 3 aliphatic carbocycles. The van der Waals surface area contributed by atoms with Crippen molar-refractivity contribution in [3.8, 4) is 0 Å². The number of halogens is 2. The summed E-state index contributed by atoms with van der Waals surface area (Å²) in [7, 11) is 0. The lowest BCUT2D eigenvalue weighted by molar-refractivity contribution is 0.280. The number of aliphatic hydroxyl groups is 2. The summed E-state index contributed by atoms with van der Waals surface area (Å²) >= 11 is 5.81. The van der Waals surface area contributed by atoms with Crippen LogP contribution in [0.2, 0.25) is 0 Å². The quantitative estimate of drug-likeness (QED) is 0.119. The van der Waals surface area contributed by atoms with E-state index in [0.29, 0.717) is 5.88 Å². The molecule has 2 aliphatic heterocycles. The molecule has 5 aliphatic rings. The van der Waals surface area contributed by atoms with E-state index in [1.165, 1.54) is 113 Å². The van der Waals surface area contributed by atoms with Crippen molar-refractivity contribution < 1.29 is 10.2 Å². The zero-order valence-electron chi connectivity index (χ0n) is 36.8. The minimum atomic E-state index is 0. The molecule has 4 N–H and O–H groups in total. The first-order valence-electron chi connectivity index (χ1n) is 22.8. The number of rotatable bonds is 7. The second kappa shape index (κ2) is 23.5. The second-order valence-electron chi connectivity index (χ2n) is 16.9. The molecule has 0 bridgehead atoms. The van der Waals surface area contributed by atoms with Crippen LogP contribution in [0.4, 0.5) is 11.4 Å². The molecule has 2 aromatic heterocycles. The van der Waals surface area contributed by atoms with Crippen molar-refractivity contribution in [3.63, 3.8) is 0 Å². The van der Waals surface area contributed by atoms with Crippen LogP contribution in [-0.4, -0.2) is 42.4 Å². The zero-order chi connectivity index (χ0) is 43.2. The molecule has 0 spiro atoms. The van der Waals surface area contributed by atoms with Gasteiger partial charge in [-0.05, 0) is 155 Å². The maximum Gasteiger partial charge on any atom is 0.0949 e. The Morgan fingerprint density at radius 2 is 0.859 bits per heavy atom. The highest BCUT2D eigenvalue weighted by Crippen LogP contribution is 2.29. The monoisotopic (exact) mass is 896 g/mol. The Morgan fingerprint density at radius 1 is 0.469 bits per heavy atom. The fourth-order valence-corrected chi connectivity index (χ4v) is 10.1. The predicted octanol–water partition coefficient (Wildman–Crippen LogP) is 10.5. The van der Waals surface area contributed by atoms with E-state index >= 15 is 0 Å². The predicted molar refractivity (Wildman–Crippen MR) is 264 cm³/mol. The lowest BCUT2D eigenvalue weighted by Gasteiger charge is -2.08. The van der Waals surface area contributed by atoms with E-state index in [0.717, 1.165) is 56.6 Å². The molecule has 0 saturated heterocycles. The topological polar surface area (TPSA) is 100 Å². The van der Waals surface area contributed by atoms with Crippen molar-refractivity contribution in [3.05, 3.63) is 201 Å². The van der Waals surface area contributed by atoms with Gasteiger partial charge in [0.25, 0.3) is 0 Å². The largest absolute Gasteiger partial charge is 0.392 e. The Bertz CT molecular complexity index is 2310. The number of alkyl halides is 1. The molecule has 8 nitrogen and oxygen atoms in total. The van der Waals surface area contributed by atoms with Crippen LogP contribution >= 0.6 is 24.0 Å². The summed E-state index contributed by atoms with van der Waals surface area (Å²) in [4.78, 5) is 8.13. The first-order chi connectivity index (χ1) is 31.1. The molecule has 4 heterocycles. The van der Waals surface area contributed by atoms with Gasteiger partial charge < -0.3 is 30.0 Å². The third kappa shape index (κ3) is 11.6. The van der Waals surface area contributed by atoms with Gasteiger partial charge in [-0.3, -0.25) is 0 Å². The Labute approximate surface area is 390 Å². The standard InChI is InChI=1S/C13H14N2.C12H13N3.C10H11Cl.C10H12O.C9H11NO.ClH/c1-3-11-4-2-6-13(11)12(5-1)9-15-8-7-14-10-15;1-2-10(8-15-7-6-13-9-15)11-4-5-14-12(11)3-1;2*11-7-9-5-1-3-8-4-2-6-10(8)9;11-6-7-2-1-3-9-8(7)4-5-10-9;/h1,3,5,7-8,10H,2,4,6,9H2;1-3,6-7,9,14H,4-5,8H2;1,3,5H,2,4,6-7H2;1,3,5,11H,2,4,6-7H2;1-3,10-11H,4-6H2;1H. The van der Waals surface area contributed by atoms with Crippen molar-refractivity contribution in [2.75, 3.05) is 23.7 Å². The third-order valence-corrected chi connectivity index (χ3v) is 13.3. The maximum absolute atomic E-state index is 9.00. The normalized spacial score (nSPS) is 14.1. The van der Waals surface area contributed by atoms with Crippen molar-refractivity contribution in [1.82, 2.24) is 19.1 Å². The molecular formula is C54H62Cl2N6O2. The van der Waals surface area contributed by atoms with Crippen molar-refractivity contribution in [2.24, 2.45) is 0 Å². The van der Waals surface area contributed by atoms with Crippen molar-refractivity contribution >= 4 is 35.4 Å². The highest BCUT2D eigenvalue weighted by Gasteiger charge is 2.17. The number of aromatic nitrogens is 4. The summed E-state index contributed by atoms with van der Waals surface area (Å²) in [5.74, 6) is 0.670. The van der Waals surface area contributed by atoms with E-state index in [1.54, 1.807) is 11.1 Å². The molecule has 0 amide bonds. The number of fused-ring (bicyclic) bond motifs is 5. The van der Waals surface area contributed by atoms with Gasteiger partial charge in [0, 0.05) is 68.2 Å². The van der Waals surface area contributed by atoms with E-state index in [1.807, 2.05) is 61.7 Å². The van der Waals surface area contributed by atoms with Gasteiger partial charge in [-0.2, -0.15) is 0 Å². The lowest BCUT2D eigenvalue weighted by Crippen LogP contribution is -2.00. The molecule has 0 saturated carbocycles. The summed E-state index contributed by atoms with van der Waals surface area (Å²) in [6.07, 6.45) is 24.8. The number of benzene rings is 5. The van der Waals surface area contributed by atoms with E-state index in [4.69, 9.17) is 21.8 Å². The number of aryl methyl sites for hydroxylation is 3. The van der Waals surface area contributed by atoms with Crippen LogP contribution in [0.5, 0.6) is 0 Å². The zero-order valence-corrected chi connectivity index (χ0v) is 38.4. The summed E-state index contributed by atoms with van der Waals surface area (Å²) in [5, 5.41) is 24.6. The highest BCUT2D eigenvalue weighted by atomic mass is 35.5. The van der Waals surface area contributed by atoms with Gasteiger partial charge in [0.2, 0.25) is 0 Å².